The van der Waals surface area contributed by atoms with Gasteiger partial charge in [-0.1, -0.05) is 26.2 Å². The van der Waals surface area contributed by atoms with E-state index < -0.39 is 0 Å². The first kappa shape index (κ1) is 16.7. The molecule has 0 aliphatic heterocycles. The molecule has 122 valence electrons. The molecule has 5 heteroatoms. The first-order chi connectivity index (χ1) is 10.7. The summed E-state index contributed by atoms with van der Waals surface area (Å²) >= 11 is 0. The summed E-state index contributed by atoms with van der Waals surface area (Å²) in [5, 5.41) is 5.87. The number of nitrogens with one attached hydrogen (secondary N) is 2. The second-order valence-electron chi connectivity index (χ2n) is 6.11. The topological polar surface area (TPSA) is 63.2 Å². The van der Waals surface area contributed by atoms with Gasteiger partial charge in [0.25, 0.3) is 0 Å². The molecule has 2 N–H and O–H groups in total. The Labute approximate surface area is 132 Å². The maximum Gasteiger partial charge on any atom is 0.229 e. The van der Waals surface area contributed by atoms with Gasteiger partial charge in [0.05, 0.1) is 6.61 Å². The molecule has 5 nitrogen and oxygen atoms in total. The third-order valence-electron chi connectivity index (χ3n) is 4.17. The third kappa shape index (κ3) is 4.98. The van der Waals surface area contributed by atoms with Crippen LogP contribution in [-0.2, 0) is 4.79 Å². The molecule has 1 aliphatic rings. The molecule has 1 amide bonds. The highest BCUT2D eigenvalue weighted by atomic mass is 16.5. The van der Waals surface area contributed by atoms with E-state index in [1.807, 2.05) is 26.1 Å². The van der Waals surface area contributed by atoms with E-state index in [0.29, 0.717) is 30.6 Å². The zero-order valence-electron chi connectivity index (χ0n) is 13.6. The number of anilines is 1. The number of carbonyl (C=O) groups excluding carboxylic acids is 1. The van der Waals surface area contributed by atoms with Crippen LogP contribution in [0.1, 0.15) is 39.0 Å². The molecule has 22 heavy (non-hydrogen) atoms. The van der Waals surface area contributed by atoms with Crippen molar-refractivity contribution in [3.63, 3.8) is 0 Å². The quantitative estimate of drug-likeness (QED) is 0.813. The average Bonchev–Trinajstić information content (AvgIpc) is 2.55. The molecule has 1 saturated carbocycles. The van der Waals surface area contributed by atoms with Gasteiger partial charge in [0.1, 0.15) is 0 Å². The van der Waals surface area contributed by atoms with Crippen molar-refractivity contribution in [3.8, 4) is 5.75 Å². The molecule has 0 aromatic carbocycles. The molecule has 0 spiro atoms. The van der Waals surface area contributed by atoms with Gasteiger partial charge in [-0.2, -0.15) is 0 Å². The van der Waals surface area contributed by atoms with Crippen LogP contribution >= 0.6 is 0 Å². The van der Waals surface area contributed by atoms with Crippen LogP contribution in [-0.4, -0.2) is 31.1 Å². The molecule has 2 rings (SSSR count). The monoisotopic (exact) mass is 305 g/mol. The summed E-state index contributed by atoms with van der Waals surface area (Å²) in [4.78, 5) is 16.4. The maximum absolute atomic E-state index is 12.1. The van der Waals surface area contributed by atoms with Crippen molar-refractivity contribution in [2.45, 2.75) is 39.0 Å². The zero-order valence-corrected chi connectivity index (χ0v) is 13.6. The highest BCUT2D eigenvalue weighted by Crippen LogP contribution is 2.27. The van der Waals surface area contributed by atoms with E-state index in [-0.39, 0.29) is 11.8 Å². The number of nitrogens with zero attached hydrogens (tertiary/aromatic N) is 1. The van der Waals surface area contributed by atoms with Crippen molar-refractivity contribution >= 4 is 11.7 Å². The Morgan fingerprint density at radius 3 is 2.91 bits per heavy atom. The Hall–Kier alpha value is -1.62. The van der Waals surface area contributed by atoms with E-state index in [0.717, 1.165) is 0 Å². The molecule has 0 radical (unpaired) electrons. The van der Waals surface area contributed by atoms with Gasteiger partial charge in [0.2, 0.25) is 5.91 Å². The average molecular weight is 305 g/mol. The van der Waals surface area contributed by atoms with Crippen LogP contribution in [0.2, 0.25) is 0 Å². The SMILES string of the molecule is CNCC(C)C(=O)Nc1ncccc1OCC1CCCCC1. The first-order valence-corrected chi connectivity index (χ1v) is 8.24. The number of rotatable bonds is 7. The summed E-state index contributed by atoms with van der Waals surface area (Å²) in [5.74, 6) is 1.65. The van der Waals surface area contributed by atoms with Crippen molar-refractivity contribution in [1.82, 2.24) is 10.3 Å². The van der Waals surface area contributed by atoms with Crippen molar-refractivity contribution in [2.75, 3.05) is 25.5 Å². The largest absolute Gasteiger partial charge is 0.489 e. The molecular formula is C17H27N3O2. The summed E-state index contributed by atoms with van der Waals surface area (Å²) < 4.78 is 5.92. The molecule has 1 atom stereocenters. The third-order valence-corrected chi connectivity index (χ3v) is 4.17. The van der Waals surface area contributed by atoms with Crippen molar-refractivity contribution in [3.05, 3.63) is 18.3 Å². The number of pyridine rings is 1. The number of ether oxygens (including phenoxy) is 1. The van der Waals surface area contributed by atoms with E-state index in [4.69, 9.17) is 4.74 Å². The molecule has 1 aromatic rings. The lowest BCUT2D eigenvalue weighted by Gasteiger charge is -2.22. The predicted molar refractivity (Wildman–Crippen MR) is 88.0 cm³/mol. The van der Waals surface area contributed by atoms with Crippen molar-refractivity contribution in [2.24, 2.45) is 11.8 Å². The lowest BCUT2D eigenvalue weighted by Crippen LogP contribution is -2.29. The number of aromatic nitrogens is 1. The zero-order chi connectivity index (χ0) is 15.8. The molecule has 1 unspecified atom stereocenters. The summed E-state index contributed by atoms with van der Waals surface area (Å²) in [6.45, 7) is 3.23. The fraction of sp³-hybridized carbons (Fsp3) is 0.647. The summed E-state index contributed by atoms with van der Waals surface area (Å²) in [5.41, 5.74) is 0. The van der Waals surface area contributed by atoms with E-state index in [1.165, 1.54) is 32.1 Å². The Morgan fingerprint density at radius 2 is 2.18 bits per heavy atom. The Kier molecular flexibility index (Phi) is 6.65. The highest BCUT2D eigenvalue weighted by molar-refractivity contribution is 5.92. The fourth-order valence-electron chi connectivity index (χ4n) is 2.80. The van der Waals surface area contributed by atoms with E-state index in [1.54, 1.807) is 6.20 Å². The number of amides is 1. The summed E-state index contributed by atoms with van der Waals surface area (Å²) in [6.07, 6.45) is 8.08. The lowest BCUT2D eigenvalue weighted by atomic mass is 9.90. The van der Waals surface area contributed by atoms with E-state index in [2.05, 4.69) is 15.6 Å². The van der Waals surface area contributed by atoms with Crippen molar-refractivity contribution < 1.29 is 9.53 Å². The molecule has 1 aromatic heterocycles. The molecule has 0 bridgehead atoms. The minimum absolute atomic E-state index is 0.0458. The second kappa shape index (κ2) is 8.73. The van der Waals surface area contributed by atoms with Gasteiger partial charge in [-0.3, -0.25) is 4.79 Å². The van der Waals surface area contributed by atoms with Gasteiger partial charge in [-0.05, 0) is 37.9 Å². The van der Waals surface area contributed by atoms with Crippen LogP contribution in [0.4, 0.5) is 5.82 Å². The van der Waals surface area contributed by atoms with Gasteiger partial charge in [-0.15, -0.1) is 0 Å². The Balaban J connectivity index is 1.92. The van der Waals surface area contributed by atoms with Crippen LogP contribution in [0.5, 0.6) is 5.75 Å². The smallest absolute Gasteiger partial charge is 0.229 e. The van der Waals surface area contributed by atoms with E-state index >= 15 is 0 Å². The highest BCUT2D eigenvalue weighted by Gasteiger charge is 2.17. The van der Waals surface area contributed by atoms with Crippen molar-refractivity contribution in [1.29, 1.82) is 0 Å². The fourth-order valence-corrected chi connectivity index (χ4v) is 2.80. The summed E-state index contributed by atoms with van der Waals surface area (Å²) in [6, 6.07) is 3.71. The molecular weight excluding hydrogens is 278 g/mol. The number of carbonyl (C=O) groups is 1. The van der Waals surface area contributed by atoms with Gasteiger partial charge in [0, 0.05) is 18.7 Å². The number of hydrogen-bond donors (Lipinski definition) is 2. The number of hydrogen-bond acceptors (Lipinski definition) is 4. The Morgan fingerprint density at radius 1 is 1.41 bits per heavy atom. The predicted octanol–water partition coefficient (Wildman–Crippen LogP) is 2.83. The molecule has 1 fully saturated rings. The first-order valence-electron chi connectivity index (χ1n) is 8.24. The second-order valence-corrected chi connectivity index (χ2v) is 6.11. The van der Waals surface area contributed by atoms with Crippen LogP contribution in [0, 0.1) is 11.8 Å². The minimum Gasteiger partial charge on any atom is -0.489 e. The molecule has 1 heterocycles. The van der Waals surface area contributed by atoms with Crippen LogP contribution < -0.4 is 15.4 Å². The lowest BCUT2D eigenvalue weighted by molar-refractivity contribution is -0.119. The standard InChI is InChI=1S/C17H27N3O2/c1-13(11-18-2)17(21)20-16-15(9-6-10-19-16)22-12-14-7-4-3-5-8-14/h6,9-10,13-14,18H,3-5,7-8,11-12H2,1-2H3,(H,19,20,21). The molecule has 0 saturated heterocycles. The van der Waals surface area contributed by atoms with Crippen LogP contribution in [0.3, 0.4) is 0 Å². The normalized spacial score (nSPS) is 17.0. The van der Waals surface area contributed by atoms with Gasteiger partial charge >= 0.3 is 0 Å². The maximum atomic E-state index is 12.1. The van der Waals surface area contributed by atoms with Gasteiger partial charge < -0.3 is 15.4 Å². The van der Waals surface area contributed by atoms with E-state index in [9.17, 15) is 4.79 Å². The Bertz CT molecular complexity index is 473. The van der Waals surface area contributed by atoms with Gasteiger partial charge in [0.15, 0.2) is 11.6 Å². The molecule has 1 aliphatic carbocycles. The van der Waals surface area contributed by atoms with Crippen LogP contribution in [0.15, 0.2) is 18.3 Å². The summed E-state index contributed by atoms with van der Waals surface area (Å²) in [7, 11) is 1.84. The minimum atomic E-state index is -0.113. The van der Waals surface area contributed by atoms with Gasteiger partial charge in [-0.25, -0.2) is 4.98 Å². The van der Waals surface area contributed by atoms with Crippen LogP contribution in [0.25, 0.3) is 0 Å².